The molecule has 0 aromatic rings. The van der Waals surface area contributed by atoms with Crippen LogP contribution in [0.4, 0.5) is 0 Å². The van der Waals surface area contributed by atoms with Gasteiger partial charge < -0.3 is 8.85 Å². The fourth-order valence-electron chi connectivity index (χ4n) is 2.14. The van der Waals surface area contributed by atoms with Crippen LogP contribution in [0.25, 0.3) is 0 Å². The number of hydrogen-bond donors (Lipinski definition) is 0. The third kappa shape index (κ3) is 2.77. The molecule has 17 heavy (non-hydrogen) atoms. The molecule has 3 heteroatoms. The van der Waals surface area contributed by atoms with Crippen molar-refractivity contribution in [1.29, 1.82) is 0 Å². The van der Waals surface area contributed by atoms with Crippen molar-refractivity contribution < 1.29 is 8.85 Å². The van der Waals surface area contributed by atoms with Crippen molar-refractivity contribution in [2.75, 3.05) is 13.2 Å². The van der Waals surface area contributed by atoms with Crippen LogP contribution in [0.1, 0.15) is 13.8 Å². The SMILES string of the molecule is CCO[Si](OCC)([C]1[CH][CH][CH][CH]1)[C]1[CH][CH][CH][CH]1. The molecule has 0 unspecified atom stereocenters. The molecule has 0 N–H and O–H groups in total. The molecule has 10 radical (unpaired) electrons. The first-order chi connectivity index (χ1) is 8.33. The van der Waals surface area contributed by atoms with Gasteiger partial charge in [-0.3, -0.25) is 0 Å². The van der Waals surface area contributed by atoms with Crippen LogP contribution in [-0.4, -0.2) is 21.8 Å². The normalized spacial score (nSPS) is 23.6. The van der Waals surface area contributed by atoms with Gasteiger partial charge >= 0.3 is 8.56 Å². The fraction of sp³-hybridized carbons (Fsp3) is 0.286. The molecule has 0 aliphatic heterocycles. The highest BCUT2D eigenvalue weighted by atomic mass is 28.4. The Hall–Kier alpha value is 0.137. The van der Waals surface area contributed by atoms with E-state index in [4.69, 9.17) is 8.85 Å². The molecule has 2 aliphatic carbocycles. The average Bonchev–Trinajstić information content (AvgIpc) is 3.02. The highest BCUT2D eigenvalue weighted by Crippen LogP contribution is 2.44. The third-order valence-electron chi connectivity index (χ3n) is 2.78. The summed E-state index contributed by atoms with van der Waals surface area (Å²) in [6, 6.07) is 0. The topological polar surface area (TPSA) is 18.5 Å². The quantitative estimate of drug-likeness (QED) is 0.670. The summed E-state index contributed by atoms with van der Waals surface area (Å²) in [6.07, 6.45) is 16.6. The standard InChI is InChI=1S/C14H18O2Si/c1-3-15-17(16-4-2,13-9-5-6-10-13)14-11-7-8-12-14/h5-12H,3-4H2,1-2H3. The highest BCUT2D eigenvalue weighted by molar-refractivity contribution is 6.81. The van der Waals surface area contributed by atoms with Crippen molar-refractivity contribution in [3.8, 4) is 0 Å². The summed E-state index contributed by atoms with van der Waals surface area (Å²) in [5.74, 6) is 0. The Morgan fingerprint density at radius 2 is 1.12 bits per heavy atom. The van der Waals surface area contributed by atoms with Crippen molar-refractivity contribution in [3.05, 3.63) is 62.4 Å². The van der Waals surface area contributed by atoms with Crippen molar-refractivity contribution in [2.45, 2.75) is 13.8 Å². The van der Waals surface area contributed by atoms with Gasteiger partial charge in [-0.1, -0.05) is 0 Å². The van der Waals surface area contributed by atoms with Gasteiger partial charge in [0.05, 0.1) is 0 Å². The first-order valence-electron chi connectivity index (χ1n) is 6.05. The molecular weight excluding hydrogens is 228 g/mol. The van der Waals surface area contributed by atoms with Crippen LogP contribution in [0.5, 0.6) is 0 Å². The van der Waals surface area contributed by atoms with E-state index >= 15 is 0 Å². The van der Waals surface area contributed by atoms with E-state index in [-0.39, 0.29) is 0 Å². The van der Waals surface area contributed by atoms with Gasteiger partial charge in [-0.2, -0.15) is 0 Å². The van der Waals surface area contributed by atoms with Crippen LogP contribution in [-0.2, 0) is 8.85 Å². The lowest BCUT2D eigenvalue weighted by molar-refractivity contribution is 0.192. The van der Waals surface area contributed by atoms with Crippen LogP contribution in [0.2, 0.25) is 0 Å². The van der Waals surface area contributed by atoms with E-state index in [1.165, 1.54) is 11.1 Å². The van der Waals surface area contributed by atoms with E-state index in [2.05, 4.69) is 25.7 Å². The van der Waals surface area contributed by atoms with Crippen LogP contribution in [0.3, 0.4) is 0 Å². The second-order valence-corrected chi connectivity index (χ2v) is 6.79. The Balaban J connectivity index is 2.16. The van der Waals surface area contributed by atoms with Gasteiger partial charge in [-0.15, -0.1) is 0 Å². The van der Waals surface area contributed by atoms with Crippen LogP contribution < -0.4 is 0 Å². The fourth-order valence-corrected chi connectivity index (χ4v) is 5.29. The maximum atomic E-state index is 6.08. The number of rotatable bonds is 6. The van der Waals surface area contributed by atoms with Gasteiger partial charge in [0, 0.05) is 24.3 Å². The minimum Gasteiger partial charge on any atom is -0.394 e. The molecule has 0 aromatic carbocycles. The zero-order chi connectivity index (χ0) is 12.1. The van der Waals surface area contributed by atoms with E-state index in [0.717, 1.165) is 0 Å². The minimum atomic E-state index is -2.44. The zero-order valence-electron chi connectivity index (χ0n) is 10.3. The van der Waals surface area contributed by atoms with Gasteiger partial charge in [0.1, 0.15) is 0 Å². The summed E-state index contributed by atoms with van der Waals surface area (Å²) in [4.78, 5) is 0. The first kappa shape index (κ1) is 13.6. The largest absolute Gasteiger partial charge is 0.394 e. The van der Waals surface area contributed by atoms with Gasteiger partial charge in [-0.05, 0) is 65.2 Å². The molecule has 90 valence electrons. The molecule has 2 aliphatic rings. The summed E-state index contributed by atoms with van der Waals surface area (Å²) < 4.78 is 12.2. The highest BCUT2D eigenvalue weighted by Gasteiger charge is 2.54. The van der Waals surface area contributed by atoms with Crippen molar-refractivity contribution in [1.82, 2.24) is 0 Å². The molecule has 0 amide bonds. The molecule has 2 fully saturated rings. The zero-order valence-corrected chi connectivity index (χ0v) is 11.3. The van der Waals surface area contributed by atoms with Crippen molar-refractivity contribution in [2.24, 2.45) is 0 Å². The minimum absolute atomic E-state index is 0.669. The number of hydrogen-bond acceptors (Lipinski definition) is 2. The van der Waals surface area contributed by atoms with E-state index in [0.29, 0.717) is 13.2 Å². The Kier molecular flexibility index (Phi) is 5.06. The van der Waals surface area contributed by atoms with Crippen molar-refractivity contribution in [3.63, 3.8) is 0 Å². The maximum absolute atomic E-state index is 6.08. The lowest BCUT2D eigenvalue weighted by Crippen LogP contribution is -2.54. The predicted octanol–water partition coefficient (Wildman–Crippen LogP) is 2.39. The molecule has 0 heterocycles. The molecule has 2 nitrogen and oxygen atoms in total. The lowest BCUT2D eigenvalue weighted by atomic mass is 10.3. The van der Waals surface area contributed by atoms with E-state index in [1.807, 2.05) is 39.5 Å². The third-order valence-corrected chi connectivity index (χ3v) is 6.36. The van der Waals surface area contributed by atoms with Crippen LogP contribution >= 0.6 is 0 Å². The van der Waals surface area contributed by atoms with Gasteiger partial charge in [0.2, 0.25) is 0 Å². The second-order valence-electron chi connectivity index (χ2n) is 3.83. The first-order valence-corrected chi connectivity index (χ1v) is 7.87. The van der Waals surface area contributed by atoms with Crippen LogP contribution in [0.15, 0.2) is 0 Å². The Bertz CT molecular complexity index is 196. The van der Waals surface area contributed by atoms with Crippen LogP contribution in [0, 0.1) is 62.4 Å². The van der Waals surface area contributed by atoms with Gasteiger partial charge in [0.15, 0.2) is 0 Å². The second kappa shape index (κ2) is 6.35. The molecule has 2 rings (SSSR count). The molecule has 0 spiro atoms. The molecule has 0 aromatic heterocycles. The summed E-state index contributed by atoms with van der Waals surface area (Å²) in [7, 11) is -2.44. The summed E-state index contributed by atoms with van der Waals surface area (Å²) in [6.45, 7) is 5.38. The molecule has 0 atom stereocenters. The van der Waals surface area contributed by atoms with Gasteiger partial charge in [0.25, 0.3) is 0 Å². The maximum Gasteiger partial charge on any atom is 0.353 e. The summed E-state index contributed by atoms with van der Waals surface area (Å²) in [5.41, 5.74) is 2.37. The summed E-state index contributed by atoms with van der Waals surface area (Å²) >= 11 is 0. The monoisotopic (exact) mass is 246 g/mol. The average molecular weight is 246 g/mol. The molecular formula is C14H18O2Si. The lowest BCUT2D eigenvalue weighted by Gasteiger charge is -2.38. The Labute approximate surface area is 107 Å². The molecule has 0 bridgehead atoms. The van der Waals surface area contributed by atoms with E-state index in [9.17, 15) is 0 Å². The van der Waals surface area contributed by atoms with E-state index < -0.39 is 8.56 Å². The van der Waals surface area contributed by atoms with Gasteiger partial charge in [-0.25, -0.2) is 0 Å². The molecule has 2 saturated carbocycles. The predicted molar refractivity (Wildman–Crippen MR) is 69.9 cm³/mol. The van der Waals surface area contributed by atoms with E-state index in [1.54, 1.807) is 0 Å². The Morgan fingerprint density at radius 3 is 1.41 bits per heavy atom. The molecule has 0 saturated heterocycles. The smallest absolute Gasteiger partial charge is 0.353 e. The summed E-state index contributed by atoms with van der Waals surface area (Å²) in [5, 5.41) is 0. The van der Waals surface area contributed by atoms with Crippen molar-refractivity contribution >= 4 is 8.56 Å². The Morgan fingerprint density at radius 1 is 0.765 bits per heavy atom.